The van der Waals surface area contributed by atoms with Crippen molar-refractivity contribution >= 4 is 29.5 Å². The molecule has 2 aromatic rings. The van der Waals surface area contributed by atoms with Crippen LogP contribution < -0.4 is 15.1 Å². The molecule has 1 amide bonds. The van der Waals surface area contributed by atoms with E-state index in [9.17, 15) is 4.79 Å². The Morgan fingerprint density at radius 3 is 2.56 bits per heavy atom. The highest BCUT2D eigenvalue weighted by molar-refractivity contribution is 5.89. The maximum absolute atomic E-state index is 12.5. The summed E-state index contributed by atoms with van der Waals surface area (Å²) in [5, 5.41) is 3.42. The van der Waals surface area contributed by atoms with E-state index in [2.05, 4.69) is 66.6 Å². The minimum atomic E-state index is -0.375. The number of fused-ring (bicyclic) bond motifs is 5. The first-order valence-electron chi connectivity index (χ1n) is 16.0. The third kappa shape index (κ3) is 5.06. The average molecular weight is 613 g/mol. The van der Waals surface area contributed by atoms with Crippen LogP contribution in [0, 0.1) is 0 Å². The number of anilines is 4. The van der Waals surface area contributed by atoms with Gasteiger partial charge in [-0.2, -0.15) is 4.98 Å². The zero-order valence-electron chi connectivity index (χ0n) is 27.2. The van der Waals surface area contributed by atoms with Crippen LogP contribution in [0.15, 0.2) is 60.6 Å². The number of likely N-dealkylation sites (N-methyl/N-ethyl adjacent to an activating group) is 1. The number of carbonyl (C=O) groups excluding carboxylic acids is 1. The molecule has 2 bridgehead atoms. The van der Waals surface area contributed by atoms with Crippen LogP contribution >= 0.6 is 0 Å². The lowest BCUT2D eigenvalue weighted by Gasteiger charge is -2.46. The molecule has 238 valence electrons. The van der Waals surface area contributed by atoms with Gasteiger partial charge in [0.05, 0.1) is 24.3 Å². The van der Waals surface area contributed by atoms with E-state index < -0.39 is 0 Å². The molecular weight excluding hydrogens is 568 g/mol. The number of nitrogens with one attached hydrogen (secondary N) is 1. The lowest BCUT2D eigenvalue weighted by atomic mass is 9.73. The number of allylic oxidation sites excluding steroid dienone is 4. The van der Waals surface area contributed by atoms with E-state index in [0.717, 1.165) is 48.1 Å². The van der Waals surface area contributed by atoms with E-state index in [0.29, 0.717) is 37.1 Å². The highest BCUT2D eigenvalue weighted by atomic mass is 16.6. The summed E-state index contributed by atoms with van der Waals surface area (Å²) in [6.45, 7) is 17.6. The van der Waals surface area contributed by atoms with Crippen LogP contribution in [0.5, 0.6) is 0 Å². The van der Waals surface area contributed by atoms with Crippen molar-refractivity contribution < 1.29 is 14.3 Å². The highest BCUT2D eigenvalue weighted by Gasteiger charge is 2.55. The van der Waals surface area contributed by atoms with E-state index in [1.807, 2.05) is 44.3 Å². The summed E-state index contributed by atoms with van der Waals surface area (Å²) in [4.78, 5) is 36.2. The second-order valence-electron chi connectivity index (χ2n) is 14.0. The number of amides is 1. The van der Waals surface area contributed by atoms with Crippen molar-refractivity contribution in [2.45, 2.75) is 82.6 Å². The number of likely N-dealkylation sites (tertiary alicyclic amines) is 2. The summed E-state index contributed by atoms with van der Waals surface area (Å²) >= 11 is 0. The minimum absolute atomic E-state index is 0.0380. The largest absolute Gasteiger partial charge is 0.447 e. The molecule has 2 aromatic heterocycles. The van der Waals surface area contributed by atoms with E-state index >= 15 is 0 Å². The fraction of sp³-hybridized carbons (Fsp3) is 0.529. The number of nitrogens with zero attached hydrogens (tertiary/aromatic N) is 7. The number of aromatic nitrogens is 3. The molecular formula is C34H44N8O3. The van der Waals surface area contributed by atoms with Crippen LogP contribution in [0.4, 0.5) is 28.2 Å². The maximum atomic E-state index is 12.5. The molecule has 5 aliphatic heterocycles. The summed E-state index contributed by atoms with van der Waals surface area (Å²) in [5.41, 5.74) is 2.44. The molecule has 5 atom stereocenters. The number of hydrogen-bond acceptors (Lipinski definition) is 10. The summed E-state index contributed by atoms with van der Waals surface area (Å²) in [6.07, 6.45) is 9.69. The summed E-state index contributed by atoms with van der Waals surface area (Å²) in [6, 6.07) is 6.89. The van der Waals surface area contributed by atoms with Gasteiger partial charge >= 0.3 is 6.09 Å². The maximum Gasteiger partial charge on any atom is 0.415 e. The number of ether oxygens (including phenoxy) is 2. The Hall–Kier alpha value is -3.96. The SMILES string of the molecule is C=C/C(=C\C=C(/C)Nc1ncc2c(n1)N(c1cccc(N3C(=O)OC[C@@H]3C)n1)[C@H]1CC(C)(C)OC[C@@]21C)N1C[C@H]2CC1CN2C. The smallest absolute Gasteiger partial charge is 0.415 e. The second kappa shape index (κ2) is 10.8. The van der Waals surface area contributed by atoms with Gasteiger partial charge in [0.2, 0.25) is 5.95 Å². The van der Waals surface area contributed by atoms with Crippen molar-refractivity contribution in [2.24, 2.45) is 0 Å². The van der Waals surface area contributed by atoms with Gasteiger partial charge in [-0.15, -0.1) is 0 Å². The summed E-state index contributed by atoms with van der Waals surface area (Å²) in [7, 11) is 2.21. The molecule has 5 aliphatic rings. The average Bonchev–Trinajstić information content (AvgIpc) is 3.73. The van der Waals surface area contributed by atoms with Gasteiger partial charge in [-0.05, 0) is 77.9 Å². The van der Waals surface area contributed by atoms with E-state index in [-0.39, 0.29) is 29.2 Å². The van der Waals surface area contributed by atoms with Gasteiger partial charge in [-0.3, -0.25) is 9.80 Å². The van der Waals surface area contributed by atoms with Crippen LogP contribution in [0.3, 0.4) is 0 Å². The monoisotopic (exact) mass is 612 g/mol. The molecule has 0 spiro atoms. The number of carbonyl (C=O) groups is 1. The van der Waals surface area contributed by atoms with Crippen molar-refractivity contribution in [2.75, 3.05) is 48.5 Å². The van der Waals surface area contributed by atoms with Crippen LogP contribution in [0.25, 0.3) is 0 Å². The molecule has 0 radical (unpaired) electrons. The third-order valence-corrected chi connectivity index (χ3v) is 10.3. The Kier molecular flexibility index (Phi) is 7.16. The fourth-order valence-electron chi connectivity index (χ4n) is 7.67. The fourth-order valence-corrected chi connectivity index (χ4v) is 7.67. The van der Waals surface area contributed by atoms with Crippen LogP contribution in [-0.2, 0) is 14.9 Å². The molecule has 1 unspecified atom stereocenters. The molecule has 0 saturated carbocycles. The number of hydrogen-bond donors (Lipinski definition) is 1. The van der Waals surface area contributed by atoms with Crippen LogP contribution in [0.1, 0.15) is 53.0 Å². The van der Waals surface area contributed by atoms with Crippen LogP contribution in [0.2, 0.25) is 0 Å². The number of pyridine rings is 1. The van der Waals surface area contributed by atoms with Crippen molar-refractivity contribution in [3.63, 3.8) is 0 Å². The lowest BCUT2D eigenvalue weighted by molar-refractivity contribution is -0.0893. The lowest BCUT2D eigenvalue weighted by Crippen LogP contribution is -2.54. The van der Waals surface area contributed by atoms with Gasteiger partial charge in [0.15, 0.2) is 0 Å². The van der Waals surface area contributed by atoms with E-state index in [1.54, 1.807) is 4.90 Å². The quantitative estimate of drug-likeness (QED) is 0.432. The molecule has 0 aromatic carbocycles. The van der Waals surface area contributed by atoms with E-state index in [1.165, 1.54) is 6.42 Å². The second-order valence-corrected chi connectivity index (χ2v) is 14.0. The highest BCUT2D eigenvalue weighted by Crippen LogP contribution is 2.53. The minimum Gasteiger partial charge on any atom is -0.447 e. The molecule has 4 saturated heterocycles. The van der Waals surface area contributed by atoms with Gasteiger partial charge in [-0.25, -0.2) is 14.8 Å². The number of piperazine rings is 1. The Balaban J connectivity index is 1.20. The standard InChI is InChI=1S/C34H44N8O3/c1-8-23(40-18-24-14-25(40)17-39(24)7)13-12-21(2)36-31-35-16-26-30(38-31)42(27-15-33(4,5)45-20-34(26,27)6)29-11-9-10-28(37-29)41-22(3)19-44-32(41)43/h8-13,16,22,24-25,27H,1,14-15,17-20H2,2-7H3,(H,35,36,38)/b21-12+,23-13+/t22-,24+,25?,27-,34-/m0/s1. The molecule has 0 aliphatic carbocycles. The topological polar surface area (TPSA) is 99.2 Å². The third-order valence-electron chi connectivity index (χ3n) is 10.3. The van der Waals surface area contributed by atoms with Gasteiger partial charge in [0.1, 0.15) is 24.1 Å². The molecule has 1 N–H and O–H groups in total. The van der Waals surface area contributed by atoms with Gasteiger partial charge in [0.25, 0.3) is 0 Å². The first kappa shape index (κ1) is 29.7. The Labute approximate surface area is 265 Å². The van der Waals surface area contributed by atoms with Crippen molar-refractivity contribution in [3.8, 4) is 0 Å². The van der Waals surface area contributed by atoms with Crippen molar-refractivity contribution in [3.05, 3.63) is 66.2 Å². The van der Waals surface area contributed by atoms with Gasteiger partial charge in [-0.1, -0.05) is 19.6 Å². The Bertz CT molecular complexity index is 1590. The molecule has 11 heteroatoms. The van der Waals surface area contributed by atoms with Gasteiger partial charge < -0.3 is 24.6 Å². The summed E-state index contributed by atoms with van der Waals surface area (Å²) < 4.78 is 11.7. The molecule has 45 heavy (non-hydrogen) atoms. The number of rotatable bonds is 7. The predicted molar refractivity (Wildman–Crippen MR) is 175 cm³/mol. The Morgan fingerprint density at radius 2 is 1.89 bits per heavy atom. The molecule has 4 fully saturated rings. The first-order valence-corrected chi connectivity index (χ1v) is 16.0. The molecule has 7 rings (SSSR count). The predicted octanol–water partition coefficient (Wildman–Crippen LogP) is 4.97. The molecule has 11 nitrogen and oxygen atoms in total. The normalized spacial score (nSPS) is 30.9. The zero-order valence-corrected chi connectivity index (χ0v) is 27.2. The van der Waals surface area contributed by atoms with Gasteiger partial charge in [0, 0.05) is 53.7 Å². The number of cyclic esters (lactones) is 1. The molecule has 7 heterocycles. The zero-order chi connectivity index (χ0) is 31.7. The first-order chi connectivity index (χ1) is 21.5. The Morgan fingerprint density at radius 1 is 1.11 bits per heavy atom. The summed E-state index contributed by atoms with van der Waals surface area (Å²) in [5.74, 6) is 2.61. The van der Waals surface area contributed by atoms with Crippen molar-refractivity contribution in [1.29, 1.82) is 0 Å². The van der Waals surface area contributed by atoms with E-state index in [4.69, 9.17) is 24.4 Å². The van der Waals surface area contributed by atoms with Crippen LogP contribution in [-0.4, -0.2) is 94.0 Å². The van der Waals surface area contributed by atoms with Crippen molar-refractivity contribution in [1.82, 2.24) is 24.8 Å².